The summed E-state index contributed by atoms with van der Waals surface area (Å²) in [4.78, 5) is 27.0. The lowest BCUT2D eigenvalue weighted by Gasteiger charge is -2.22. The highest BCUT2D eigenvalue weighted by atomic mass is 32.2. The molecule has 32 heavy (non-hydrogen) atoms. The molecule has 0 radical (unpaired) electrons. The second-order valence-electron chi connectivity index (χ2n) is 7.20. The fourth-order valence-corrected chi connectivity index (χ4v) is 4.38. The summed E-state index contributed by atoms with van der Waals surface area (Å²) in [5, 5.41) is 2.87. The van der Waals surface area contributed by atoms with E-state index in [1.165, 1.54) is 48.1 Å². The first kappa shape index (κ1) is 23.6. The van der Waals surface area contributed by atoms with Crippen LogP contribution in [0.25, 0.3) is 6.08 Å². The van der Waals surface area contributed by atoms with Gasteiger partial charge >= 0.3 is 6.61 Å². The Morgan fingerprint density at radius 1 is 1.22 bits per heavy atom. The minimum absolute atomic E-state index is 0.127. The van der Waals surface area contributed by atoms with Crippen LogP contribution >= 0.6 is 11.8 Å². The number of ether oxygens (including phenoxy) is 2. The smallest absolute Gasteiger partial charge is 0.387 e. The standard InChI is InChI=1S/C23H24F2N2O4S/c1-14-7-9-17(11-15(14)2)26-22(29)18-12-32-13-27(18)20(28)10-8-16-5-4-6-19(30-3)21(16)31-23(24)25/h4-11,18,23H,12-13H2,1-3H3,(H,26,29)/b10-8+. The first-order chi connectivity index (χ1) is 15.3. The zero-order valence-corrected chi connectivity index (χ0v) is 18.7. The fraction of sp³-hybridized carbons (Fsp3) is 0.304. The number of hydrogen-bond acceptors (Lipinski definition) is 5. The van der Waals surface area contributed by atoms with Crippen LogP contribution in [-0.4, -0.2) is 48.1 Å². The molecule has 2 aromatic rings. The van der Waals surface area contributed by atoms with Crippen molar-refractivity contribution in [1.82, 2.24) is 4.90 Å². The number of carbonyl (C=O) groups is 2. The number of amides is 2. The van der Waals surface area contributed by atoms with Crippen molar-refractivity contribution in [2.24, 2.45) is 0 Å². The van der Waals surface area contributed by atoms with Crippen LogP contribution in [0.5, 0.6) is 11.5 Å². The monoisotopic (exact) mass is 462 g/mol. The number of carbonyl (C=O) groups excluding carboxylic acids is 2. The number of benzene rings is 2. The number of aryl methyl sites for hydroxylation is 2. The molecule has 1 aliphatic rings. The van der Waals surface area contributed by atoms with Crippen LogP contribution in [0, 0.1) is 13.8 Å². The van der Waals surface area contributed by atoms with Gasteiger partial charge in [-0.1, -0.05) is 18.2 Å². The van der Waals surface area contributed by atoms with Crippen LogP contribution in [0.3, 0.4) is 0 Å². The van der Waals surface area contributed by atoms with Crippen molar-refractivity contribution >= 4 is 35.3 Å². The van der Waals surface area contributed by atoms with Crippen molar-refractivity contribution < 1.29 is 27.8 Å². The normalized spacial score (nSPS) is 15.9. The summed E-state index contributed by atoms with van der Waals surface area (Å²) in [6.07, 6.45) is 2.62. The number of halogens is 2. The summed E-state index contributed by atoms with van der Waals surface area (Å²) in [6.45, 7) is 0.908. The molecular weight excluding hydrogens is 438 g/mol. The van der Waals surface area contributed by atoms with E-state index >= 15 is 0 Å². The topological polar surface area (TPSA) is 67.9 Å². The molecule has 0 saturated carbocycles. The quantitative estimate of drug-likeness (QED) is 0.615. The average molecular weight is 463 g/mol. The second kappa shape index (κ2) is 10.5. The number of thioether (sulfide) groups is 1. The van der Waals surface area contributed by atoms with Crippen molar-refractivity contribution in [3.63, 3.8) is 0 Å². The Hall–Kier alpha value is -3.07. The van der Waals surface area contributed by atoms with Gasteiger partial charge in [0.05, 0.1) is 13.0 Å². The van der Waals surface area contributed by atoms with E-state index in [2.05, 4.69) is 10.1 Å². The molecule has 0 bridgehead atoms. The molecule has 2 amide bonds. The molecule has 3 rings (SSSR count). The van der Waals surface area contributed by atoms with E-state index < -0.39 is 18.6 Å². The highest BCUT2D eigenvalue weighted by molar-refractivity contribution is 7.99. The summed E-state index contributed by atoms with van der Waals surface area (Å²) in [6, 6.07) is 9.62. The van der Waals surface area contributed by atoms with E-state index in [1.54, 1.807) is 6.07 Å². The van der Waals surface area contributed by atoms with Gasteiger partial charge in [-0.05, 0) is 49.2 Å². The molecule has 1 heterocycles. The summed E-state index contributed by atoms with van der Waals surface area (Å²) in [5.74, 6) is 0.113. The Morgan fingerprint density at radius 3 is 2.69 bits per heavy atom. The van der Waals surface area contributed by atoms with Crippen LogP contribution in [0.2, 0.25) is 0 Å². The van der Waals surface area contributed by atoms with Crippen molar-refractivity contribution in [2.75, 3.05) is 24.1 Å². The molecule has 1 unspecified atom stereocenters. The summed E-state index contributed by atoms with van der Waals surface area (Å²) >= 11 is 1.47. The average Bonchev–Trinajstić information content (AvgIpc) is 3.25. The Bertz CT molecular complexity index is 1030. The molecule has 0 aliphatic carbocycles. The van der Waals surface area contributed by atoms with Gasteiger partial charge in [-0.15, -0.1) is 11.8 Å². The molecule has 170 valence electrons. The van der Waals surface area contributed by atoms with Gasteiger partial charge in [-0.2, -0.15) is 8.78 Å². The third-order valence-electron chi connectivity index (χ3n) is 5.08. The SMILES string of the molecule is COc1cccc(/C=C/C(=O)N2CSCC2C(=O)Nc2ccc(C)c(C)c2)c1OC(F)F. The zero-order valence-electron chi connectivity index (χ0n) is 17.9. The third-order valence-corrected chi connectivity index (χ3v) is 6.10. The fourth-order valence-electron chi connectivity index (χ4n) is 3.22. The molecule has 0 aromatic heterocycles. The Kier molecular flexibility index (Phi) is 7.74. The van der Waals surface area contributed by atoms with E-state index in [-0.39, 0.29) is 23.0 Å². The minimum atomic E-state index is -3.04. The van der Waals surface area contributed by atoms with E-state index in [0.29, 0.717) is 17.3 Å². The van der Waals surface area contributed by atoms with Crippen LogP contribution in [0.1, 0.15) is 16.7 Å². The van der Waals surface area contributed by atoms with Crippen molar-refractivity contribution in [3.8, 4) is 11.5 Å². The highest BCUT2D eigenvalue weighted by Gasteiger charge is 2.33. The van der Waals surface area contributed by atoms with Crippen molar-refractivity contribution in [3.05, 3.63) is 59.2 Å². The predicted octanol–water partition coefficient (Wildman–Crippen LogP) is 4.47. The number of methoxy groups -OCH3 is 1. The third kappa shape index (κ3) is 5.59. The molecule has 1 N–H and O–H groups in total. The molecule has 1 fully saturated rings. The number of nitrogens with zero attached hydrogens (tertiary/aromatic N) is 1. The molecule has 2 aromatic carbocycles. The number of hydrogen-bond donors (Lipinski definition) is 1. The van der Waals surface area contributed by atoms with Crippen LogP contribution in [0.4, 0.5) is 14.5 Å². The number of anilines is 1. The number of nitrogens with one attached hydrogen (secondary N) is 1. The lowest BCUT2D eigenvalue weighted by molar-refractivity contribution is -0.132. The minimum Gasteiger partial charge on any atom is -0.493 e. The maximum absolute atomic E-state index is 12.8. The molecule has 0 spiro atoms. The predicted molar refractivity (Wildman–Crippen MR) is 121 cm³/mol. The number of para-hydroxylation sites is 1. The molecule has 1 aliphatic heterocycles. The van der Waals surface area contributed by atoms with E-state index in [4.69, 9.17) is 4.74 Å². The molecule has 1 saturated heterocycles. The van der Waals surface area contributed by atoms with Crippen molar-refractivity contribution in [2.45, 2.75) is 26.5 Å². The maximum atomic E-state index is 12.8. The Labute approximate surface area is 189 Å². The van der Waals surface area contributed by atoms with Gasteiger partial charge in [0.25, 0.3) is 0 Å². The summed E-state index contributed by atoms with van der Waals surface area (Å²) in [5.41, 5.74) is 3.11. The first-order valence-electron chi connectivity index (χ1n) is 9.86. The zero-order chi connectivity index (χ0) is 23.3. The first-order valence-corrected chi connectivity index (χ1v) is 11.0. The highest BCUT2D eigenvalue weighted by Crippen LogP contribution is 2.33. The molecule has 6 nitrogen and oxygen atoms in total. The molecular formula is C23H24F2N2O4S. The van der Waals surface area contributed by atoms with Gasteiger partial charge in [-0.25, -0.2) is 0 Å². The van der Waals surface area contributed by atoms with E-state index in [9.17, 15) is 18.4 Å². The molecule has 9 heteroatoms. The van der Waals surface area contributed by atoms with Gasteiger partial charge in [0, 0.05) is 23.1 Å². The van der Waals surface area contributed by atoms with E-state index in [0.717, 1.165) is 11.1 Å². The van der Waals surface area contributed by atoms with E-state index in [1.807, 2.05) is 32.0 Å². The number of alkyl halides is 2. The Morgan fingerprint density at radius 2 is 2.00 bits per heavy atom. The van der Waals surface area contributed by atoms with Gasteiger partial charge in [0.2, 0.25) is 11.8 Å². The van der Waals surface area contributed by atoms with Gasteiger partial charge in [0.15, 0.2) is 11.5 Å². The van der Waals surface area contributed by atoms with Crippen LogP contribution in [0.15, 0.2) is 42.5 Å². The van der Waals surface area contributed by atoms with Crippen LogP contribution < -0.4 is 14.8 Å². The lowest BCUT2D eigenvalue weighted by atomic mass is 10.1. The van der Waals surface area contributed by atoms with Crippen molar-refractivity contribution in [1.29, 1.82) is 0 Å². The van der Waals surface area contributed by atoms with Gasteiger partial charge < -0.3 is 19.7 Å². The second-order valence-corrected chi connectivity index (χ2v) is 8.20. The lowest BCUT2D eigenvalue weighted by Crippen LogP contribution is -2.43. The number of rotatable bonds is 7. The molecule has 1 atom stereocenters. The largest absolute Gasteiger partial charge is 0.493 e. The summed E-state index contributed by atoms with van der Waals surface area (Å²) < 4.78 is 35.2. The van der Waals surface area contributed by atoms with Gasteiger partial charge in [0.1, 0.15) is 6.04 Å². The Balaban J connectivity index is 1.73. The summed E-state index contributed by atoms with van der Waals surface area (Å²) in [7, 11) is 1.34. The van der Waals surface area contributed by atoms with Gasteiger partial charge in [-0.3, -0.25) is 9.59 Å². The maximum Gasteiger partial charge on any atom is 0.387 e. The van der Waals surface area contributed by atoms with Crippen LogP contribution in [-0.2, 0) is 9.59 Å².